The number of carbonyl (C=O) groups excluding carboxylic acids is 6. The highest BCUT2D eigenvalue weighted by Crippen LogP contribution is 2.44. The van der Waals surface area contributed by atoms with Gasteiger partial charge in [0.05, 0.1) is 6.61 Å². The molecule has 2 aromatic rings. The molecular weight excluding hydrogens is 706 g/mol. The largest absolute Gasteiger partial charge is 0.464 e. The summed E-state index contributed by atoms with van der Waals surface area (Å²) in [6.45, 7) is 6.42. The number of benzene rings is 2. The summed E-state index contributed by atoms with van der Waals surface area (Å²) in [6.07, 6.45) is -4.93. The van der Waals surface area contributed by atoms with E-state index >= 15 is 0 Å². The number of alkyl carbamates (subject to hydrolysis) is 1. The molecule has 4 rings (SSSR count). The van der Waals surface area contributed by atoms with E-state index in [1.807, 2.05) is 55.5 Å². The first kappa shape index (κ1) is 41.7. The maximum Gasteiger partial charge on any atom is 0.407 e. The van der Waals surface area contributed by atoms with Crippen molar-refractivity contribution in [2.24, 2.45) is 0 Å². The molecule has 1 saturated heterocycles. The van der Waals surface area contributed by atoms with E-state index in [0.29, 0.717) is 19.3 Å². The van der Waals surface area contributed by atoms with Crippen molar-refractivity contribution in [1.29, 1.82) is 0 Å². The van der Waals surface area contributed by atoms with Crippen LogP contribution in [0.15, 0.2) is 48.5 Å². The third kappa shape index (κ3) is 11.7. The lowest BCUT2D eigenvalue weighted by atomic mass is 9.98. The van der Waals surface area contributed by atoms with Crippen LogP contribution in [0.3, 0.4) is 0 Å². The topological polar surface area (TPSA) is 188 Å². The molecule has 1 aliphatic heterocycles. The van der Waals surface area contributed by atoms with Gasteiger partial charge in [0.15, 0.2) is 24.6 Å². The Morgan fingerprint density at radius 3 is 1.85 bits per heavy atom. The van der Waals surface area contributed by atoms with Crippen LogP contribution in [0, 0.1) is 0 Å². The fourth-order valence-electron chi connectivity index (χ4n) is 6.42. The molecule has 1 fully saturated rings. The van der Waals surface area contributed by atoms with Crippen molar-refractivity contribution in [3.8, 4) is 11.1 Å². The molecule has 15 nitrogen and oxygen atoms in total. The van der Waals surface area contributed by atoms with Gasteiger partial charge in [-0.25, -0.2) is 9.59 Å². The maximum atomic E-state index is 13.1. The van der Waals surface area contributed by atoms with Crippen LogP contribution in [0.1, 0.15) is 83.8 Å². The van der Waals surface area contributed by atoms with Crippen molar-refractivity contribution < 1.29 is 66.7 Å². The molecule has 0 aromatic heterocycles. The second-order valence-electron chi connectivity index (χ2n) is 13.0. The van der Waals surface area contributed by atoms with Crippen LogP contribution in [0.2, 0.25) is 0 Å². The lowest BCUT2D eigenvalue weighted by Gasteiger charge is -2.44. The van der Waals surface area contributed by atoms with Gasteiger partial charge in [-0.15, -0.1) is 0 Å². The number of nitrogens with one attached hydrogen (secondary N) is 1. The molecule has 54 heavy (non-hydrogen) atoms. The smallest absolute Gasteiger partial charge is 0.407 e. The van der Waals surface area contributed by atoms with Crippen molar-refractivity contribution in [2.75, 3.05) is 26.4 Å². The monoisotopic (exact) mass is 755 g/mol. The number of hydrogen-bond donors (Lipinski definition) is 1. The summed E-state index contributed by atoms with van der Waals surface area (Å²) in [5.74, 6) is -3.66. The zero-order valence-electron chi connectivity index (χ0n) is 31.2. The Morgan fingerprint density at radius 1 is 0.667 bits per heavy atom. The van der Waals surface area contributed by atoms with Crippen LogP contribution in [-0.4, -0.2) is 99.1 Å². The number of esters is 5. The molecular formula is C39H49NO14. The van der Waals surface area contributed by atoms with E-state index < -0.39 is 72.7 Å². The number of carbonyl (C=O) groups is 6. The molecule has 0 saturated carbocycles. The van der Waals surface area contributed by atoms with E-state index in [-0.39, 0.29) is 38.8 Å². The van der Waals surface area contributed by atoms with Gasteiger partial charge in [-0.1, -0.05) is 61.9 Å². The SMILES string of the molecule is CCCCOC(=O)[C@H](CCCCO[C@H]1OC(COC(C)=O)[C@H](OC(C)=O)C(OC(C)=O)C1OC(C)=O)NC(=O)OCC1c2ccccc2-c2ccccc21. The van der Waals surface area contributed by atoms with Gasteiger partial charge in [0.25, 0.3) is 0 Å². The highest BCUT2D eigenvalue weighted by molar-refractivity contribution is 5.82. The number of unbranched alkanes of at least 4 members (excludes halogenated alkanes) is 2. The van der Waals surface area contributed by atoms with Gasteiger partial charge in [0.1, 0.15) is 25.4 Å². The first-order valence-electron chi connectivity index (χ1n) is 18.1. The molecule has 1 N–H and O–H groups in total. The molecule has 2 aromatic carbocycles. The Kier molecular flexibility index (Phi) is 15.8. The van der Waals surface area contributed by atoms with Crippen molar-refractivity contribution in [1.82, 2.24) is 5.32 Å². The van der Waals surface area contributed by atoms with Gasteiger partial charge in [-0.3, -0.25) is 19.2 Å². The Hall–Kier alpha value is -5.02. The Balaban J connectivity index is 1.39. The molecule has 0 radical (unpaired) electrons. The van der Waals surface area contributed by atoms with E-state index in [0.717, 1.165) is 49.4 Å². The van der Waals surface area contributed by atoms with Crippen LogP contribution in [0.5, 0.6) is 0 Å². The Morgan fingerprint density at radius 2 is 1.26 bits per heavy atom. The van der Waals surface area contributed by atoms with Crippen LogP contribution < -0.4 is 5.32 Å². The fraction of sp³-hybridized carbons (Fsp3) is 0.538. The minimum atomic E-state index is -1.36. The quantitative estimate of drug-likeness (QED) is 0.127. The van der Waals surface area contributed by atoms with E-state index in [9.17, 15) is 28.8 Å². The van der Waals surface area contributed by atoms with Gasteiger partial charge in [-0.2, -0.15) is 0 Å². The second kappa shape index (κ2) is 20.4. The number of ether oxygens (including phenoxy) is 8. The third-order valence-electron chi connectivity index (χ3n) is 8.78. The van der Waals surface area contributed by atoms with Crippen molar-refractivity contribution in [3.05, 3.63) is 59.7 Å². The molecule has 294 valence electrons. The average molecular weight is 756 g/mol. The first-order valence-corrected chi connectivity index (χ1v) is 18.1. The van der Waals surface area contributed by atoms with E-state index in [1.165, 1.54) is 6.92 Å². The number of rotatable bonds is 18. The summed E-state index contributed by atoms with van der Waals surface area (Å²) in [6, 6.07) is 14.9. The fourth-order valence-corrected chi connectivity index (χ4v) is 6.42. The molecule has 1 heterocycles. The van der Waals surface area contributed by atoms with Crippen molar-refractivity contribution in [2.45, 2.75) is 109 Å². The molecule has 0 bridgehead atoms. The van der Waals surface area contributed by atoms with E-state index in [1.54, 1.807) is 0 Å². The lowest BCUT2D eigenvalue weighted by Crippen LogP contribution is -2.63. The molecule has 2 aliphatic rings. The standard InChI is InChI=1S/C39H49NO14/c1-6-7-19-47-37(45)32(40-39(46)50-21-31-29-16-10-8-14-27(29)28-15-9-11-17-30(28)31)18-12-13-20-48-38-36(53-26(5)44)35(52-25(4)43)34(51-24(3)42)33(54-38)22-49-23(2)41/h8-11,14-17,31-36,38H,6-7,12-13,18-22H2,1-5H3,(H,40,46)/t32-,33?,34-,35?,36?,38-/m0/s1. The van der Waals surface area contributed by atoms with Crippen LogP contribution in [0.25, 0.3) is 11.1 Å². The zero-order chi connectivity index (χ0) is 39.2. The summed E-state index contributed by atoms with van der Waals surface area (Å²) >= 11 is 0. The normalized spacial score (nSPS) is 20.7. The third-order valence-corrected chi connectivity index (χ3v) is 8.78. The highest BCUT2D eigenvalue weighted by atomic mass is 16.7. The lowest BCUT2D eigenvalue weighted by molar-refractivity contribution is -0.308. The van der Waals surface area contributed by atoms with Gasteiger partial charge < -0.3 is 43.2 Å². The summed E-state index contributed by atoms with van der Waals surface area (Å²) < 4.78 is 44.4. The highest BCUT2D eigenvalue weighted by Gasteiger charge is 2.52. The van der Waals surface area contributed by atoms with E-state index in [4.69, 9.17) is 37.9 Å². The summed E-state index contributed by atoms with van der Waals surface area (Å²) in [7, 11) is 0. The molecule has 1 amide bonds. The van der Waals surface area contributed by atoms with Gasteiger partial charge in [0, 0.05) is 40.2 Å². The minimum Gasteiger partial charge on any atom is -0.464 e. The molecule has 15 heteroatoms. The summed E-state index contributed by atoms with van der Waals surface area (Å²) in [5, 5.41) is 2.67. The van der Waals surface area contributed by atoms with Crippen molar-refractivity contribution in [3.63, 3.8) is 0 Å². The molecule has 0 spiro atoms. The predicted octanol–water partition coefficient (Wildman–Crippen LogP) is 4.51. The maximum absolute atomic E-state index is 13.1. The summed E-state index contributed by atoms with van der Waals surface area (Å²) in [5.41, 5.74) is 4.29. The average Bonchev–Trinajstić information content (AvgIpc) is 3.44. The van der Waals surface area contributed by atoms with Gasteiger partial charge >= 0.3 is 35.9 Å². The van der Waals surface area contributed by atoms with Gasteiger partial charge in [0.2, 0.25) is 0 Å². The number of fused-ring (bicyclic) bond motifs is 3. The zero-order valence-corrected chi connectivity index (χ0v) is 31.2. The first-order chi connectivity index (χ1) is 25.9. The summed E-state index contributed by atoms with van der Waals surface area (Å²) in [4.78, 5) is 73.9. The van der Waals surface area contributed by atoms with Crippen LogP contribution in [0.4, 0.5) is 4.79 Å². The van der Waals surface area contributed by atoms with Gasteiger partial charge in [-0.05, 0) is 47.9 Å². The minimum absolute atomic E-state index is 0.00368. The van der Waals surface area contributed by atoms with Crippen LogP contribution in [-0.2, 0) is 61.9 Å². The Bertz CT molecular complexity index is 1580. The number of amides is 1. The molecule has 3 unspecified atom stereocenters. The second-order valence-corrected chi connectivity index (χ2v) is 13.0. The molecule has 1 aliphatic carbocycles. The molecule has 6 atom stereocenters. The van der Waals surface area contributed by atoms with Crippen LogP contribution >= 0.6 is 0 Å². The van der Waals surface area contributed by atoms with Crippen molar-refractivity contribution >= 4 is 35.9 Å². The predicted molar refractivity (Wildman–Crippen MR) is 190 cm³/mol. The Labute approximate surface area is 314 Å². The van der Waals surface area contributed by atoms with E-state index in [2.05, 4.69) is 5.32 Å². The number of hydrogen-bond acceptors (Lipinski definition) is 14.